The number of alkyl halides is 2. The van der Waals surface area contributed by atoms with E-state index in [1.54, 1.807) is 39.0 Å². The van der Waals surface area contributed by atoms with Gasteiger partial charge in [0, 0.05) is 0 Å². The molecule has 1 unspecified atom stereocenters. The molecule has 0 radical (unpaired) electrons. The molecule has 2 amide bonds. The molecule has 0 saturated carbocycles. The predicted octanol–water partition coefficient (Wildman–Crippen LogP) is 1.68. The van der Waals surface area contributed by atoms with Crippen molar-refractivity contribution in [3.63, 3.8) is 0 Å². The minimum atomic E-state index is -1.30. The number of hydrogen-bond donors (Lipinski definition) is 2. The first-order chi connectivity index (χ1) is 23.7. The molecule has 16 heteroatoms. The van der Waals surface area contributed by atoms with E-state index in [4.69, 9.17) is 20.9 Å². The van der Waals surface area contributed by atoms with Crippen molar-refractivity contribution in [3.05, 3.63) is 47.2 Å². The number of nitrogens with two attached hydrogens (primary N) is 2. The summed E-state index contributed by atoms with van der Waals surface area (Å²) in [6.45, 7) is 8.94. The summed E-state index contributed by atoms with van der Waals surface area (Å²) in [4.78, 5) is 50.9. The van der Waals surface area contributed by atoms with E-state index < -0.39 is 74.2 Å². The third-order valence-electron chi connectivity index (χ3n) is 7.64. The number of nitrogens with zero attached hydrogens (tertiary/aromatic N) is 6. The topological polar surface area (TPSA) is 183 Å². The average molecular weight is 812 g/mol. The normalized spacial score (nSPS) is 12.7. The molecule has 0 fully saturated rings. The number of unbranched alkanes of at least 4 members (excludes halogenated alkanes) is 2. The summed E-state index contributed by atoms with van der Waals surface area (Å²) in [5.74, 6) is -2.97. The number of fused-ring (bicyclic) bond motifs is 1. The fourth-order valence-corrected chi connectivity index (χ4v) is 7.56. The number of amides is 2. The Kier molecular flexibility index (Phi) is 14.8. The summed E-state index contributed by atoms with van der Waals surface area (Å²) >= 11 is -0.588. The van der Waals surface area contributed by atoms with Crippen molar-refractivity contribution in [3.8, 4) is 6.07 Å². The molecule has 0 spiro atoms. The number of imidazole rings is 1. The molecular weight excluding hydrogens is 765 g/mol. The Labute approximate surface area is 301 Å². The van der Waals surface area contributed by atoms with Gasteiger partial charge in [-0.15, -0.1) is 0 Å². The van der Waals surface area contributed by atoms with Crippen molar-refractivity contribution in [2.45, 2.75) is 91.1 Å². The maximum atomic E-state index is 15.7. The molecule has 2 atom stereocenters. The molecule has 13 nitrogen and oxygen atoms in total. The van der Waals surface area contributed by atoms with E-state index in [1.165, 1.54) is 24.7 Å². The summed E-state index contributed by atoms with van der Waals surface area (Å²) in [6.07, 6.45) is 2.97. The summed E-state index contributed by atoms with van der Waals surface area (Å²) < 4.78 is 44.6. The number of pyridine rings is 1. The van der Waals surface area contributed by atoms with Crippen LogP contribution in [-0.4, -0.2) is 67.2 Å². The molecule has 3 aromatic rings. The van der Waals surface area contributed by atoms with Crippen molar-refractivity contribution in [1.82, 2.24) is 14.5 Å². The number of carbonyl (C=O) groups is 3. The first kappa shape index (κ1) is 40.5. The van der Waals surface area contributed by atoms with Gasteiger partial charge in [-0.3, -0.25) is 4.79 Å². The second-order valence-corrected chi connectivity index (χ2v) is 15.5. The number of aromatic nitrogens is 3. The second kappa shape index (κ2) is 18.3. The number of carbonyl (C=O) groups excluding carboxylic acids is 3. The SMILES string of the molecule is CCCC[I-]CC(=O)N(c1nc2c(F)cc(C#N)c(F)c2n1C(C)(C)C)C(C)OC(=O)N(C)c1ncccc1COC(=O)[C@@H](N)CCCCN. The number of nitriles is 1. The molecule has 2 aromatic heterocycles. The van der Waals surface area contributed by atoms with Gasteiger partial charge in [0.05, 0.1) is 0 Å². The van der Waals surface area contributed by atoms with E-state index in [2.05, 4.69) is 16.9 Å². The van der Waals surface area contributed by atoms with Gasteiger partial charge in [0.2, 0.25) is 0 Å². The van der Waals surface area contributed by atoms with Crippen LogP contribution in [0.1, 0.15) is 77.8 Å². The predicted molar refractivity (Wildman–Crippen MR) is 181 cm³/mol. The van der Waals surface area contributed by atoms with E-state index in [9.17, 15) is 19.6 Å². The van der Waals surface area contributed by atoms with Crippen LogP contribution >= 0.6 is 0 Å². The van der Waals surface area contributed by atoms with E-state index in [1.807, 2.05) is 0 Å². The zero-order chi connectivity index (χ0) is 37.2. The fourth-order valence-electron chi connectivity index (χ4n) is 5.05. The van der Waals surface area contributed by atoms with Crippen LogP contribution in [0.3, 0.4) is 0 Å². The van der Waals surface area contributed by atoms with E-state index >= 15 is 8.78 Å². The van der Waals surface area contributed by atoms with Gasteiger partial charge in [0.1, 0.15) is 6.04 Å². The second-order valence-electron chi connectivity index (χ2n) is 12.6. The number of anilines is 2. The molecule has 2 heterocycles. The number of esters is 1. The molecule has 0 bridgehead atoms. The standard InChI is InChI=1S/C34H46F2IN8O5/c1-7-8-14-37-18-26(46)44(32-42-28-24(35)17-23(19-39)27(36)29(28)45(32)34(3,4)5)21(2)50-33(48)43(6)30-22(12-11-16-41-30)20-49-31(47)25(40)13-9-10-15-38/h11-12,16-17,21,25H,7-10,13-15,18,20,38,40H2,1-6H3/q-1/t21?,25-/m0/s1. The van der Waals surface area contributed by atoms with Gasteiger partial charge in [-0.05, 0) is 19.4 Å². The fraction of sp³-hybridized carbons (Fsp3) is 0.529. The van der Waals surface area contributed by atoms with Gasteiger partial charge < -0.3 is 11.5 Å². The van der Waals surface area contributed by atoms with E-state index in [-0.39, 0.29) is 33.8 Å². The quantitative estimate of drug-likeness (QED) is 0.0710. The molecule has 274 valence electrons. The molecule has 50 heavy (non-hydrogen) atoms. The summed E-state index contributed by atoms with van der Waals surface area (Å²) in [5, 5.41) is 9.47. The van der Waals surface area contributed by atoms with Gasteiger partial charge >= 0.3 is 254 Å². The third kappa shape index (κ3) is 9.85. The smallest absolute Gasteiger partial charge is 0.330 e. The Bertz CT molecular complexity index is 1710. The van der Waals surface area contributed by atoms with Crippen LogP contribution in [0.4, 0.5) is 25.3 Å². The number of halogens is 3. The van der Waals surface area contributed by atoms with Crippen LogP contribution in [0.5, 0.6) is 0 Å². The van der Waals surface area contributed by atoms with Gasteiger partial charge in [-0.2, -0.15) is 0 Å². The average Bonchev–Trinajstić information content (AvgIpc) is 3.49. The van der Waals surface area contributed by atoms with Gasteiger partial charge in [-0.1, -0.05) is 6.42 Å². The molecule has 0 aliphatic carbocycles. The number of ether oxygens (including phenoxy) is 2. The Morgan fingerprint density at radius 2 is 1.92 bits per heavy atom. The Balaban J connectivity index is 1.97. The molecule has 3 rings (SSSR count). The Hall–Kier alpha value is -3.95. The first-order valence-electron chi connectivity index (χ1n) is 16.3. The minimum Gasteiger partial charge on any atom is -0.330 e. The van der Waals surface area contributed by atoms with Crippen LogP contribution in [0, 0.1) is 23.0 Å². The Morgan fingerprint density at radius 1 is 1.20 bits per heavy atom. The van der Waals surface area contributed by atoms with Crippen LogP contribution in [0.15, 0.2) is 24.4 Å². The summed E-state index contributed by atoms with van der Waals surface area (Å²) in [5.41, 5.74) is 9.73. The zero-order valence-corrected chi connectivity index (χ0v) is 31.5. The van der Waals surface area contributed by atoms with E-state index in [0.29, 0.717) is 24.9 Å². The third-order valence-corrected chi connectivity index (χ3v) is 10.4. The van der Waals surface area contributed by atoms with Crippen LogP contribution in [0.2, 0.25) is 0 Å². The van der Waals surface area contributed by atoms with Gasteiger partial charge in [-0.25, -0.2) is 0 Å². The zero-order valence-electron chi connectivity index (χ0n) is 29.3. The molecule has 0 saturated heterocycles. The molecular formula is C34H46F2IN8O5-. The van der Waals surface area contributed by atoms with Crippen LogP contribution < -0.4 is 42.5 Å². The van der Waals surface area contributed by atoms with Gasteiger partial charge in [0.15, 0.2) is 0 Å². The molecule has 0 aliphatic rings. The summed E-state index contributed by atoms with van der Waals surface area (Å²) in [6, 6.07) is 4.85. The molecule has 4 N–H and O–H groups in total. The minimum absolute atomic E-state index is 0.132. The number of benzene rings is 1. The first-order valence-corrected chi connectivity index (χ1v) is 19.4. The molecule has 1 aromatic carbocycles. The maximum absolute atomic E-state index is 15.7. The van der Waals surface area contributed by atoms with Crippen molar-refractivity contribution >= 4 is 40.8 Å². The number of hydrogen-bond acceptors (Lipinski definition) is 10. The van der Waals surface area contributed by atoms with Crippen molar-refractivity contribution in [2.24, 2.45) is 11.5 Å². The number of rotatable bonds is 16. The molecule has 0 aliphatic heterocycles. The van der Waals surface area contributed by atoms with Crippen molar-refractivity contribution in [2.75, 3.05) is 32.2 Å². The van der Waals surface area contributed by atoms with E-state index in [0.717, 1.165) is 39.6 Å². The Morgan fingerprint density at radius 3 is 2.56 bits per heavy atom. The van der Waals surface area contributed by atoms with Crippen molar-refractivity contribution in [1.29, 1.82) is 5.26 Å². The van der Waals surface area contributed by atoms with Crippen LogP contribution in [0.25, 0.3) is 11.0 Å². The van der Waals surface area contributed by atoms with Crippen LogP contribution in [-0.2, 0) is 31.2 Å². The van der Waals surface area contributed by atoms with Crippen molar-refractivity contribution < 1.29 is 53.8 Å². The van der Waals surface area contributed by atoms with Gasteiger partial charge in [0.25, 0.3) is 0 Å². The monoisotopic (exact) mass is 811 g/mol. The summed E-state index contributed by atoms with van der Waals surface area (Å²) in [7, 11) is 1.40.